The number of carbonyl (C=O) groups is 12. The van der Waals surface area contributed by atoms with Crippen LogP contribution in [0.25, 0.3) is 21.5 Å². The van der Waals surface area contributed by atoms with Crippen molar-refractivity contribution in [2.75, 3.05) is 171 Å². The Morgan fingerprint density at radius 1 is 0.392 bits per heavy atom. The van der Waals surface area contributed by atoms with E-state index in [1.54, 1.807) is 114 Å². The van der Waals surface area contributed by atoms with Crippen LogP contribution >= 0.6 is 0 Å². The normalized spacial score (nSPS) is 16.7. The molecule has 4 aromatic rings. The minimum absolute atomic E-state index is 0.0230. The van der Waals surface area contributed by atoms with Crippen molar-refractivity contribution in [3.63, 3.8) is 0 Å². The molecule has 2 unspecified atom stereocenters. The van der Waals surface area contributed by atoms with E-state index < -0.39 is 96.4 Å². The van der Waals surface area contributed by atoms with Gasteiger partial charge < -0.3 is 50.7 Å². The molecule has 2 atom stereocenters. The SMILES string of the molecule is COc1c(C(=O)NNC(=O)CNC(=O)C(C)N2CCN(CC(=O)O)CCN(CC(=O)O)CCN(CC(=O)O)CC2)cc2ccccc2c1Cc1c(OC)c(C(=O)NNC(=O)CNC(=O)C(C)N2CCN(CC(=O)O)CCN(CC(=O)O)CCN(CC(=O)O)CC2)cc2ccccc12. The summed E-state index contributed by atoms with van der Waals surface area (Å²) in [7, 11) is 2.70. The third kappa shape index (κ3) is 23.9. The number of methoxy groups -OCH3 is 2. The summed E-state index contributed by atoms with van der Waals surface area (Å²) in [4.78, 5) is 166. The summed E-state index contributed by atoms with van der Waals surface area (Å²) >= 11 is 0. The number of carboxylic acid groups (broad SMARTS) is 6. The molecule has 0 bridgehead atoms. The van der Waals surface area contributed by atoms with Gasteiger partial charge in [-0.1, -0.05) is 48.5 Å². The van der Waals surface area contributed by atoms with Gasteiger partial charge in [-0.3, -0.25) is 118 Å². The first kappa shape index (κ1) is 76.3. The highest BCUT2D eigenvalue weighted by Crippen LogP contribution is 2.40. The molecule has 2 aliphatic rings. The van der Waals surface area contributed by atoms with Gasteiger partial charge in [-0.05, 0) is 47.5 Å². The van der Waals surface area contributed by atoms with Crippen LogP contribution in [0.2, 0.25) is 0 Å². The van der Waals surface area contributed by atoms with Crippen molar-refractivity contribution in [1.82, 2.24) is 71.5 Å². The Morgan fingerprint density at radius 3 is 0.907 bits per heavy atom. The molecule has 97 heavy (non-hydrogen) atoms. The minimum Gasteiger partial charge on any atom is -0.496 e. The lowest BCUT2D eigenvalue weighted by Crippen LogP contribution is -2.54. The second kappa shape index (κ2) is 37.6. The third-order valence-corrected chi connectivity index (χ3v) is 16.7. The van der Waals surface area contributed by atoms with Gasteiger partial charge >= 0.3 is 35.8 Å². The number of hydrazine groups is 2. The van der Waals surface area contributed by atoms with Crippen LogP contribution in [0, 0.1) is 0 Å². The Hall–Kier alpha value is -9.68. The molecule has 0 spiro atoms. The van der Waals surface area contributed by atoms with Crippen LogP contribution in [0.4, 0.5) is 0 Å². The molecule has 0 saturated carbocycles. The number of carboxylic acids is 6. The van der Waals surface area contributed by atoms with Crippen molar-refractivity contribution in [3.8, 4) is 11.5 Å². The summed E-state index contributed by atoms with van der Waals surface area (Å²) in [5.74, 6) is -11.0. The summed E-state index contributed by atoms with van der Waals surface area (Å²) in [6.07, 6.45) is -0.0298. The van der Waals surface area contributed by atoms with Gasteiger partial charge in [0.05, 0.1) is 89.8 Å². The van der Waals surface area contributed by atoms with Crippen molar-refractivity contribution < 1.29 is 97.6 Å². The van der Waals surface area contributed by atoms with E-state index in [0.717, 1.165) is 0 Å². The zero-order chi connectivity index (χ0) is 70.9. The number of carbonyl (C=O) groups excluding carboxylic acids is 6. The fourth-order valence-corrected chi connectivity index (χ4v) is 11.6. The molecule has 4 aromatic carbocycles. The van der Waals surface area contributed by atoms with Gasteiger partial charge in [0.15, 0.2) is 0 Å². The maximum Gasteiger partial charge on any atom is 0.317 e. The number of rotatable bonds is 26. The molecule has 528 valence electrons. The Kier molecular flexibility index (Phi) is 29.6. The number of hydrogen-bond donors (Lipinski definition) is 12. The topological polar surface area (TPSA) is 443 Å². The Balaban J connectivity index is 1.13. The van der Waals surface area contributed by atoms with Crippen LogP contribution in [-0.2, 0) is 54.4 Å². The van der Waals surface area contributed by atoms with Crippen molar-refractivity contribution in [2.45, 2.75) is 32.4 Å². The first-order valence-electron chi connectivity index (χ1n) is 31.3. The monoisotopic (exact) mass is 1360 g/mol. The Morgan fingerprint density at radius 2 is 0.649 bits per heavy atom. The molecule has 0 aliphatic carbocycles. The van der Waals surface area contributed by atoms with Crippen LogP contribution in [0.5, 0.6) is 11.5 Å². The number of hydrogen-bond acceptors (Lipinski definition) is 22. The summed E-state index contributed by atoms with van der Waals surface area (Å²) in [6, 6.07) is 15.5. The lowest BCUT2D eigenvalue weighted by atomic mass is 9.90. The van der Waals surface area contributed by atoms with Crippen LogP contribution in [0.1, 0.15) is 45.7 Å². The van der Waals surface area contributed by atoms with Crippen LogP contribution < -0.4 is 41.8 Å². The number of ether oxygens (including phenoxy) is 2. The second-order valence-corrected chi connectivity index (χ2v) is 23.4. The van der Waals surface area contributed by atoms with E-state index in [-0.39, 0.29) is 173 Å². The standard InChI is InChI=1S/C63H86N14O20/c1-40(76-25-21-72(36-54(84)85)17-13-70(34-52(80)81)14-18-73(22-26-76)37-55(86)87)60(92)64-32-50(78)66-68-62(94)48-29-42-9-5-7-11-44(42)46(58(48)96-3)31-47-45-12-8-6-10-43(45)30-49(59(47)97-4)63(95)69-67-51(79)33-65-61(93)41(2)77-27-23-74(38-56(88)89)19-15-71(35-53(82)83)16-20-75(24-28-77)39-57(90)91/h5-12,29-30,40-41H,13-28,31-39H2,1-4H3,(H,64,92)(H,65,93)(H,66,78)(H,67,79)(H,68,94)(H,69,95)(H,80,81)(H,82,83)(H,84,85)(H,86,87)(H,88,89)(H,90,91). The minimum atomic E-state index is -1.12. The molecule has 0 radical (unpaired) electrons. The van der Waals surface area contributed by atoms with Crippen molar-refractivity contribution in [3.05, 3.63) is 82.9 Å². The fraction of sp³-hybridized carbons (Fsp3) is 0.492. The van der Waals surface area contributed by atoms with E-state index >= 15 is 0 Å². The number of fused-ring (bicyclic) bond motifs is 2. The first-order chi connectivity index (χ1) is 46.2. The highest BCUT2D eigenvalue weighted by molar-refractivity contribution is 6.06. The largest absolute Gasteiger partial charge is 0.496 e. The molecular weight excluding hydrogens is 1270 g/mol. The van der Waals surface area contributed by atoms with Crippen molar-refractivity contribution in [1.29, 1.82) is 0 Å². The predicted octanol–water partition coefficient (Wildman–Crippen LogP) is -2.92. The van der Waals surface area contributed by atoms with E-state index in [9.17, 15) is 88.2 Å². The fourth-order valence-electron chi connectivity index (χ4n) is 11.6. The lowest BCUT2D eigenvalue weighted by Gasteiger charge is -2.35. The van der Waals surface area contributed by atoms with Crippen molar-refractivity contribution in [2.24, 2.45) is 0 Å². The molecule has 6 amide bonds. The molecule has 0 aromatic heterocycles. The van der Waals surface area contributed by atoms with Gasteiger partial charge in [0.2, 0.25) is 11.8 Å². The average molecular weight is 1360 g/mol. The van der Waals surface area contributed by atoms with Gasteiger partial charge in [0.25, 0.3) is 23.6 Å². The third-order valence-electron chi connectivity index (χ3n) is 16.7. The summed E-state index contributed by atoms with van der Waals surface area (Å²) < 4.78 is 11.9. The summed E-state index contributed by atoms with van der Waals surface area (Å²) in [5, 5.41) is 65.1. The van der Waals surface area contributed by atoms with Crippen LogP contribution in [0.15, 0.2) is 60.7 Å². The van der Waals surface area contributed by atoms with Gasteiger partial charge in [0.1, 0.15) is 11.5 Å². The molecule has 2 fully saturated rings. The smallest absolute Gasteiger partial charge is 0.317 e. The zero-order valence-corrected chi connectivity index (χ0v) is 54.6. The zero-order valence-electron chi connectivity index (χ0n) is 54.6. The first-order valence-corrected chi connectivity index (χ1v) is 31.3. The lowest BCUT2D eigenvalue weighted by molar-refractivity contribution is -0.141. The van der Waals surface area contributed by atoms with E-state index in [4.69, 9.17) is 9.47 Å². The Bertz CT molecular complexity index is 3220. The van der Waals surface area contributed by atoms with E-state index in [1.165, 1.54) is 14.2 Å². The molecule has 2 heterocycles. The maximum atomic E-state index is 14.2. The summed E-state index contributed by atoms with van der Waals surface area (Å²) in [5.41, 5.74) is 10.3. The molecule has 12 N–H and O–H groups in total. The highest BCUT2D eigenvalue weighted by atomic mass is 16.5. The van der Waals surface area contributed by atoms with E-state index in [1.807, 2.05) is 0 Å². The number of benzene rings is 4. The number of amides is 6. The van der Waals surface area contributed by atoms with Gasteiger partial charge in [-0.25, -0.2) is 0 Å². The highest BCUT2D eigenvalue weighted by Gasteiger charge is 2.30. The molecule has 2 aliphatic heterocycles. The molecule has 6 rings (SSSR count). The molecule has 34 heteroatoms. The number of nitrogens with one attached hydrogen (secondary N) is 6. The second-order valence-electron chi connectivity index (χ2n) is 23.4. The molecule has 2 saturated heterocycles. The van der Waals surface area contributed by atoms with Gasteiger partial charge in [-0.2, -0.15) is 0 Å². The van der Waals surface area contributed by atoms with Crippen molar-refractivity contribution >= 4 is 92.8 Å². The van der Waals surface area contributed by atoms with Gasteiger partial charge in [-0.15, -0.1) is 0 Å². The van der Waals surface area contributed by atoms with E-state index in [0.29, 0.717) is 32.7 Å². The Labute approximate surface area is 558 Å². The molecule has 34 nitrogen and oxygen atoms in total. The van der Waals surface area contributed by atoms with Crippen LogP contribution in [0.3, 0.4) is 0 Å². The molecular formula is C63H86N14O20. The quantitative estimate of drug-likeness (QED) is 0.0280. The summed E-state index contributed by atoms with van der Waals surface area (Å²) in [6.45, 7) is 2.32. The number of nitrogens with zero attached hydrogens (tertiary/aromatic N) is 8. The van der Waals surface area contributed by atoms with Crippen LogP contribution in [-0.4, -0.2) is 324 Å². The van der Waals surface area contributed by atoms with E-state index in [2.05, 4.69) is 32.3 Å². The van der Waals surface area contributed by atoms with Gasteiger partial charge in [0, 0.05) is 122 Å². The maximum absolute atomic E-state index is 14.2. The predicted molar refractivity (Wildman–Crippen MR) is 348 cm³/mol. The number of aliphatic carboxylic acids is 6. The average Bonchev–Trinajstić information content (AvgIpc) is 0.768.